The summed E-state index contributed by atoms with van der Waals surface area (Å²) in [5, 5.41) is 2.97. The van der Waals surface area contributed by atoms with Crippen LogP contribution < -0.4 is 5.32 Å². The normalized spacial score (nSPS) is 12.3. The Balaban J connectivity index is 2.09. The molecule has 4 nitrogen and oxygen atoms in total. The molecule has 0 saturated heterocycles. The van der Waals surface area contributed by atoms with Crippen LogP contribution in [0.25, 0.3) is 0 Å². The second-order valence-corrected chi connectivity index (χ2v) is 9.77. The molecule has 0 fully saturated rings. The highest BCUT2D eigenvalue weighted by Gasteiger charge is 2.25. The minimum atomic E-state index is -0.510. The van der Waals surface area contributed by atoms with E-state index < -0.39 is 6.04 Å². The van der Waals surface area contributed by atoms with E-state index in [2.05, 4.69) is 57.3 Å². The van der Waals surface area contributed by atoms with Gasteiger partial charge in [-0.15, -0.1) is 0 Å². The summed E-state index contributed by atoms with van der Waals surface area (Å²) in [5.41, 5.74) is 4.75. The van der Waals surface area contributed by atoms with Gasteiger partial charge in [0.05, 0.1) is 0 Å². The molecule has 0 aliphatic heterocycles. The summed E-state index contributed by atoms with van der Waals surface area (Å²) >= 11 is 0. The second-order valence-electron chi connectivity index (χ2n) is 9.77. The number of carbonyl (C=O) groups is 2. The van der Waals surface area contributed by atoms with Crippen LogP contribution in [0, 0.1) is 6.92 Å². The van der Waals surface area contributed by atoms with E-state index in [0.717, 1.165) is 24.0 Å². The Morgan fingerprint density at radius 2 is 1.56 bits per heavy atom. The predicted octanol–water partition coefficient (Wildman–Crippen LogP) is 5.56. The first kappa shape index (κ1) is 25.6. The fourth-order valence-corrected chi connectivity index (χ4v) is 3.58. The summed E-state index contributed by atoms with van der Waals surface area (Å²) in [6.07, 6.45) is 3.01. The number of rotatable bonds is 10. The Morgan fingerprint density at radius 3 is 2.12 bits per heavy atom. The molecule has 2 rings (SSSR count). The minimum Gasteiger partial charge on any atom is -0.354 e. The number of amides is 2. The average Bonchev–Trinajstić information content (AvgIpc) is 2.76. The van der Waals surface area contributed by atoms with Gasteiger partial charge in [0, 0.05) is 19.5 Å². The number of nitrogens with one attached hydrogen (secondary N) is 1. The summed E-state index contributed by atoms with van der Waals surface area (Å²) in [6, 6.07) is 16.1. The van der Waals surface area contributed by atoms with Gasteiger partial charge in [0.1, 0.15) is 6.04 Å². The van der Waals surface area contributed by atoms with Crippen molar-refractivity contribution in [1.82, 2.24) is 10.2 Å². The molecule has 0 heterocycles. The van der Waals surface area contributed by atoms with Gasteiger partial charge >= 0.3 is 0 Å². The van der Waals surface area contributed by atoms with Gasteiger partial charge < -0.3 is 10.2 Å². The van der Waals surface area contributed by atoms with E-state index in [1.807, 2.05) is 38.1 Å². The van der Waals surface area contributed by atoms with Gasteiger partial charge in [-0.25, -0.2) is 0 Å². The lowest BCUT2D eigenvalue weighted by Crippen LogP contribution is -2.47. The summed E-state index contributed by atoms with van der Waals surface area (Å²) in [6.45, 7) is 13.6. The number of nitrogens with zero attached hydrogens (tertiary/aromatic N) is 1. The van der Waals surface area contributed by atoms with Crippen molar-refractivity contribution in [3.63, 3.8) is 0 Å². The van der Waals surface area contributed by atoms with Crippen LogP contribution in [0.3, 0.4) is 0 Å². The minimum absolute atomic E-state index is 0.00335. The number of benzene rings is 2. The molecule has 0 aliphatic rings. The summed E-state index contributed by atoms with van der Waals surface area (Å²) in [4.78, 5) is 27.7. The van der Waals surface area contributed by atoms with E-state index >= 15 is 0 Å². The van der Waals surface area contributed by atoms with Crippen molar-refractivity contribution < 1.29 is 9.59 Å². The Bertz CT molecular complexity index is 864. The van der Waals surface area contributed by atoms with Crippen LogP contribution in [0.4, 0.5) is 0 Å². The molecule has 2 aromatic carbocycles. The highest BCUT2D eigenvalue weighted by Crippen LogP contribution is 2.22. The third-order valence-electron chi connectivity index (χ3n) is 5.92. The average molecular weight is 437 g/mol. The molecule has 0 unspecified atom stereocenters. The highest BCUT2D eigenvalue weighted by atomic mass is 16.2. The van der Waals surface area contributed by atoms with Gasteiger partial charge in [-0.1, -0.05) is 88.2 Å². The van der Waals surface area contributed by atoms with E-state index in [1.165, 1.54) is 11.1 Å². The van der Waals surface area contributed by atoms with Crippen molar-refractivity contribution >= 4 is 11.8 Å². The quantitative estimate of drug-likeness (QED) is 0.496. The molecular weight excluding hydrogens is 396 g/mol. The highest BCUT2D eigenvalue weighted by molar-refractivity contribution is 5.87. The molecule has 1 atom stereocenters. The van der Waals surface area contributed by atoms with Gasteiger partial charge in [-0.05, 0) is 48.8 Å². The van der Waals surface area contributed by atoms with Crippen LogP contribution in [0.15, 0.2) is 48.5 Å². The molecule has 1 N–H and O–H groups in total. The van der Waals surface area contributed by atoms with Crippen molar-refractivity contribution in [3.05, 3.63) is 70.8 Å². The lowest BCUT2D eigenvalue weighted by molar-refractivity contribution is -0.140. The molecule has 0 aliphatic carbocycles. The van der Waals surface area contributed by atoms with Crippen LogP contribution in [-0.2, 0) is 28.0 Å². The molecule has 0 radical (unpaired) electrons. The molecule has 4 heteroatoms. The molecule has 32 heavy (non-hydrogen) atoms. The topological polar surface area (TPSA) is 49.4 Å². The maximum absolute atomic E-state index is 13.2. The van der Waals surface area contributed by atoms with Crippen LogP contribution in [0.2, 0.25) is 0 Å². The van der Waals surface area contributed by atoms with E-state index in [1.54, 1.807) is 4.90 Å². The lowest BCUT2D eigenvalue weighted by Gasteiger charge is -2.29. The van der Waals surface area contributed by atoms with Gasteiger partial charge in [0.25, 0.3) is 0 Å². The molecule has 0 aromatic heterocycles. The first-order chi connectivity index (χ1) is 15.1. The fourth-order valence-electron chi connectivity index (χ4n) is 3.58. The number of hydrogen-bond donors (Lipinski definition) is 1. The molecule has 2 aromatic rings. The Kier molecular flexibility index (Phi) is 9.49. The molecular formula is C28H40N2O2. The fraction of sp³-hybridized carbons (Fsp3) is 0.500. The molecule has 0 saturated carbocycles. The zero-order valence-corrected chi connectivity index (χ0v) is 20.7. The molecule has 174 valence electrons. The number of aryl methyl sites for hydroxylation is 2. The van der Waals surface area contributed by atoms with Crippen molar-refractivity contribution in [2.45, 2.75) is 85.2 Å². The monoisotopic (exact) mass is 436 g/mol. The van der Waals surface area contributed by atoms with Crippen LogP contribution in [-0.4, -0.2) is 29.3 Å². The Morgan fingerprint density at radius 1 is 0.969 bits per heavy atom. The van der Waals surface area contributed by atoms with E-state index in [4.69, 9.17) is 0 Å². The maximum atomic E-state index is 13.2. The Hall–Kier alpha value is -2.62. The lowest BCUT2D eigenvalue weighted by atomic mass is 9.86. The molecule has 0 spiro atoms. The summed E-state index contributed by atoms with van der Waals surface area (Å²) in [5.74, 6) is -0.0861. The van der Waals surface area contributed by atoms with Crippen molar-refractivity contribution in [3.8, 4) is 0 Å². The SMILES string of the molecule is CCCCNC(=O)[C@H](C)N(Cc1ccc(C)cc1)C(=O)CCc1ccc(C(C)(C)C)cc1. The third-order valence-corrected chi connectivity index (χ3v) is 5.92. The predicted molar refractivity (Wildman–Crippen MR) is 133 cm³/mol. The first-order valence-electron chi connectivity index (χ1n) is 11.8. The van der Waals surface area contributed by atoms with Gasteiger partial charge in [-0.3, -0.25) is 9.59 Å². The number of unbranched alkanes of at least 4 members (excludes halogenated alkanes) is 1. The largest absolute Gasteiger partial charge is 0.354 e. The van der Waals surface area contributed by atoms with Gasteiger partial charge in [0.15, 0.2) is 0 Å². The van der Waals surface area contributed by atoms with Crippen molar-refractivity contribution in [1.29, 1.82) is 0 Å². The second kappa shape index (κ2) is 11.8. The first-order valence-corrected chi connectivity index (χ1v) is 11.8. The van der Waals surface area contributed by atoms with Crippen molar-refractivity contribution in [2.75, 3.05) is 6.54 Å². The smallest absolute Gasteiger partial charge is 0.242 e. The summed E-state index contributed by atoms with van der Waals surface area (Å²) in [7, 11) is 0. The standard InChI is InChI=1S/C28H40N2O2/c1-7-8-19-29-27(32)22(3)30(20-24-11-9-21(2)10-12-24)26(31)18-15-23-13-16-25(17-14-23)28(4,5)6/h9-14,16-17,22H,7-8,15,18-20H2,1-6H3,(H,29,32)/t22-/m0/s1. The zero-order chi connectivity index (χ0) is 23.7. The van der Waals surface area contributed by atoms with Crippen molar-refractivity contribution in [2.24, 2.45) is 0 Å². The Labute approximate surface area is 194 Å². The van der Waals surface area contributed by atoms with E-state index in [-0.39, 0.29) is 17.2 Å². The van der Waals surface area contributed by atoms with Crippen LogP contribution >= 0.6 is 0 Å². The van der Waals surface area contributed by atoms with Crippen LogP contribution in [0.1, 0.15) is 76.1 Å². The van der Waals surface area contributed by atoms with E-state index in [0.29, 0.717) is 25.9 Å². The van der Waals surface area contributed by atoms with Gasteiger partial charge in [-0.2, -0.15) is 0 Å². The van der Waals surface area contributed by atoms with E-state index in [9.17, 15) is 9.59 Å². The van der Waals surface area contributed by atoms with Crippen LogP contribution in [0.5, 0.6) is 0 Å². The number of hydrogen-bond acceptors (Lipinski definition) is 2. The summed E-state index contributed by atoms with van der Waals surface area (Å²) < 4.78 is 0. The molecule has 2 amide bonds. The zero-order valence-electron chi connectivity index (χ0n) is 20.7. The van der Waals surface area contributed by atoms with Gasteiger partial charge in [0.2, 0.25) is 11.8 Å². The maximum Gasteiger partial charge on any atom is 0.242 e. The number of carbonyl (C=O) groups excluding carboxylic acids is 2. The molecule has 0 bridgehead atoms. The third kappa shape index (κ3) is 7.81.